The minimum Gasteiger partial charge on any atom is -0.357 e. The molecule has 1 fully saturated rings. The number of H-pyrrole nitrogens is 1. The molecular formula is C26H24FN5O2S. The third-order valence-electron chi connectivity index (χ3n) is 6.20. The Morgan fingerprint density at radius 1 is 1.09 bits per heavy atom. The molecule has 0 saturated carbocycles. The van der Waals surface area contributed by atoms with Crippen molar-refractivity contribution in [2.75, 3.05) is 18.0 Å². The van der Waals surface area contributed by atoms with E-state index in [1.807, 2.05) is 12.1 Å². The van der Waals surface area contributed by atoms with Crippen molar-refractivity contribution in [1.29, 1.82) is 0 Å². The summed E-state index contributed by atoms with van der Waals surface area (Å²) in [6, 6.07) is 14.5. The fourth-order valence-corrected chi connectivity index (χ4v) is 4.65. The predicted octanol–water partition coefficient (Wildman–Crippen LogP) is 4.50. The first kappa shape index (κ1) is 22.9. The lowest BCUT2D eigenvalue weighted by molar-refractivity contribution is 0.0951. The molecule has 5 rings (SSSR count). The van der Waals surface area contributed by atoms with E-state index in [1.54, 1.807) is 36.5 Å². The maximum Gasteiger partial charge on any atom is 0.266 e. The molecule has 7 nitrogen and oxygen atoms in total. The molecule has 0 spiro atoms. The van der Waals surface area contributed by atoms with Crippen LogP contribution in [0.2, 0.25) is 0 Å². The van der Waals surface area contributed by atoms with Crippen LogP contribution in [0, 0.1) is 10.6 Å². The van der Waals surface area contributed by atoms with E-state index >= 15 is 0 Å². The SMILES string of the molecule is O=C(NCc1ccnc(N2CCCCC2)c1)c1ccc2c(=O)n(-c3ccccc3F)c(=S)[nH]c2c1. The van der Waals surface area contributed by atoms with Gasteiger partial charge in [0.25, 0.3) is 11.5 Å². The molecule has 3 heterocycles. The van der Waals surface area contributed by atoms with E-state index in [2.05, 4.69) is 20.2 Å². The van der Waals surface area contributed by atoms with Gasteiger partial charge in [0, 0.05) is 31.4 Å². The molecule has 0 unspecified atom stereocenters. The van der Waals surface area contributed by atoms with E-state index in [0.717, 1.165) is 29.0 Å². The van der Waals surface area contributed by atoms with Gasteiger partial charge in [-0.05, 0) is 79.5 Å². The number of halogens is 1. The van der Waals surface area contributed by atoms with Crippen LogP contribution in [0.1, 0.15) is 35.2 Å². The number of fused-ring (bicyclic) bond motifs is 1. The highest BCUT2D eigenvalue weighted by Crippen LogP contribution is 2.19. The fraction of sp³-hybridized carbons (Fsp3) is 0.231. The molecule has 1 aliphatic heterocycles. The van der Waals surface area contributed by atoms with Gasteiger partial charge in [0.1, 0.15) is 11.6 Å². The fourth-order valence-electron chi connectivity index (χ4n) is 4.36. The number of carbonyl (C=O) groups is 1. The molecule has 4 aromatic rings. The van der Waals surface area contributed by atoms with E-state index in [4.69, 9.17) is 12.2 Å². The zero-order valence-electron chi connectivity index (χ0n) is 19.0. The normalized spacial score (nSPS) is 13.7. The van der Waals surface area contributed by atoms with Crippen molar-refractivity contribution >= 4 is 34.8 Å². The first-order valence-corrected chi connectivity index (χ1v) is 11.9. The molecule has 1 amide bonds. The van der Waals surface area contributed by atoms with Crippen molar-refractivity contribution in [2.24, 2.45) is 0 Å². The highest BCUT2D eigenvalue weighted by molar-refractivity contribution is 7.71. The van der Waals surface area contributed by atoms with Gasteiger partial charge in [-0.15, -0.1) is 0 Å². The third kappa shape index (κ3) is 4.72. The number of amides is 1. The minimum absolute atomic E-state index is 0.0483. The van der Waals surface area contributed by atoms with Crippen molar-refractivity contribution in [1.82, 2.24) is 19.9 Å². The molecule has 2 aromatic carbocycles. The van der Waals surface area contributed by atoms with Crippen molar-refractivity contribution in [3.8, 4) is 5.69 Å². The summed E-state index contributed by atoms with van der Waals surface area (Å²) in [6.45, 7) is 2.35. The second-order valence-corrected chi connectivity index (χ2v) is 8.92. The quantitative estimate of drug-likeness (QED) is 0.403. The van der Waals surface area contributed by atoms with Crippen LogP contribution in [-0.2, 0) is 6.54 Å². The minimum atomic E-state index is -0.552. The van der Waals surface area contributed by atoms with Crippen LogP contribution in [0.15, 0.2) is 65.6 Å². The standard InChI is InChI=1S/C26H24FN5O2S/c27-20-6-2-3-7-22(20)32-25(34)19-9-8-18(15-21(19)30-26(32)35)24(33)29-16-17-10-11-28-23(14-17)31-12-4-1-5-13-31/h2-3,6-11,14-15H,1,4-5,12-13,16H2,(H,29,33)(H,30,35). The Balaban J connectivity index is 1.36. The Morgan fingerprint density at radius 3 is 2.69 bits per heavy atom. The molecule has 0 atom stereocenters. The van der Waals surface area contributed by atoms with Gasteiger partial charge in [-0.25, -0.2) is 13.9 Å². The van der Waals surface area contributed by atoms with Crippen LogP contribution >= 0.6 is 12.2 Å². The summed E-state index contributed by atoms with van der Waals surface area (Å²) >= 11 is 5.33. The molecule has 1 aliphatic rings. The average Bonchev–Trinajstić information content (AvgIpc) is 2.88. The van der Waals surface area contributed by atoms with Crippen molar-refractivity contribution in [3.63, 3.8) is 0 Å². The number of piperidine rings is 1. The molecule has 0 radical (unpaired) electrons. The summed E-state index contributed by atoms with van der Waals surface area (Å²) in [7, 11) is 0. The van der Waals surface area contributed by atoms with E-state index in [9.17, 15) is 14.0 Å². The second kappa shape index (κ2) is 9.79. The van der Waals surface area contributed by atoms with Gasteiger partial charge in [0.05, 0.1) is 16.6 Å². The number of nitrogens with zero attached hydrogens (tertiary/aromatic N) is 3. The smallest absolute Gasteiger partial charge is 0.266 e. The molecule has 2 N–H and O–H groups in total. The Morgan fingerprint density at radius 2 is 1.89 bits per heavy atom. The number of pyridine rings is 1. The number of hydrogen-bond donors (Lipinski definition) is 2. The Hall–Kier alpha value is -3.85. The van der Waals surface area contributed by atoms with E-state index in [1.165, 1.54) is 31.4 Å². The Kier molecular flexibility index (Phi) is 6.41. The van der Waals surface area contributed by atoms with Gasteiger partial charge in [0.15, 0.2) is 4.77 Å². The average molecular weight is 490 g/mol. The topological polar surface area (TPSA) is 83.0 Å². The van der Waals surface area contributed by atoms with E-state index in [-0.39, 0.29) is 16.4 Å². The number of rotatable bonds is 5. The maximum absolute atomic E-state index is 14.3. The molecule has 2 aromatic heterocycles. The predicted molar refractivity (Wildman–Crippen MR) is 136 cm³/mol. The lowest BCUT2D eigenvalue weighted by Crippen LogP contribution is -2.30. The summed E-state index contributed by atoms with van der Waals surface area (Å²) in [4.78, 5) is 35.6. The molecule has 0 bridgehead atoms. The lowest BCUT2D eigenvalue weighted by atomic mass is 10.1. The highest BCUT2D eigenvalue weighted by Gasteiger charge is 2.15. The Bertz CT molecular complexity index is 1520. The third-order valence-corrected chi connectivity index (χ3v) is 6.48. The molecule has 0 aliphatic carbocycles. The summed E-state index contributed by atoms with van der Waals surface area (Å²) in [5, 5.41) is 3.23. The van der Waals surface area contributed by atoms with Gasteiger partial charge in [0.2, 0.25) is 0 Å². The van der Waals surface area contributed by atoms with E-state index < -0.39 is 11.4 Å². The number of anilines is 1. The van der Waals surface area contributed by atoms with Crippen molar-refractivity contribution in [3.05, 3.63) is 92.9 Å². The van der Waals surface area contributed by atoms with Crippen molar-refractivity contribution < 1.29 is 9.18 Å². The summed E-state index contributed by atoms with van der Waals surface area (Å²) in [5.74, 6) is 0.103. The van der Waals surface area contributed by atoms with Crippen LogP contribution in [0.25, 0.3) is 16.6 Å². The number of para-hydroxylation sites is 1. The summed E-state index contributed by atoms with van der Waals surface area (Å²) in [5.41, 5.74) is 1.38. The zero-order chi connectivity index (χ0) is 24.4. The van der Waals surface area contributed by atoms with Crippen LogP contribution in [0.3, 0.4) is 0 Å². The number of aromatic nitrogens is 3. The summed E-state index contributed by atoms with van der Waals surface area (Å²) < 4.78 is 15.5. The van der Waals surface area contributed by atoms with E-state index in [0.29, 0.717) is 23.0 Å². The molecule has 1 saturated heterocycles. The first-order chi connectivity index (χ1) is 17.0. The van der Waals surface area contributed by atoms with Crippen LogP contribution < -0.4 is 15.8 Å². The second-order valence-electron chi connectivity index (χ2n) is 8.54. The highest BCUT2D eigenvalue weighted by atomic mass is 32.1. The molecular weight excluding hydrogens is 465 g/mol. The molecule has 9 heteroatoms. The number of hydrogen-bond acceptors (Lipinski definition) is 5. The number of nitrogens with one attached hydrogen (secondary N) is 2. The summed E-state index contributed by atoms with van der Waals surface area (Å²) in [6.07, 6.45) is 5.35. The van der Waals surface area contributed by atoms with Gasteiger partial charge in [-0.3, -0.25) is 9.59 Å². The van der Waals surface area contributed by atoms with Crippen LogP contribution in [0.5, 0.6) is 0 Å². The van der Waals surface area contributed by atoms with Crippen molar-refractivity contribution in [2.45, 2.75) is 25.8 Å². The monoisotopic (exact) mass is 489 g/mol. The van der Waals surface area contributed by atoms with Gasteiger partial charge >= 0.3 is 0 Å². The maximum atomic E-state index is 14.3. The Labute approximate surface area is 206 Å². The van der Waals surface area contributed by atoms with Gasteiger partial charge < -0.3 is 15.2 Å². The van der Waals surface area contributed by atoms with Crippen LogP contribution in [0.4, 0.5) is 10.2 Å². The lowest BCUT2D eigenvalue weighted by Gasteiger charge is -2.27. The largest absolute Gasteiger partial charge is 0.357 e. The number of aromatic amines is 1. The number of benzene rings is 2. The first-order valence-electron chi connectivity index (χ1n) is 11.5. The van der Waals surface area contributed by atoms with Gasteiger partial charge in [-0.2, -0.15) is 0 Å². The number of carbonyl (C=O) groups excluding carboxylic acids is 1. The molecule has 178 valence electrons. The van der Waals surface area contributed by atoms with Gasteiger partial charge in [-0.1, -0.05) is 12.1 Å². The zero-order valence-corrected chi connectivity index (χ0v) is 19.8. The van der Waals surface area contributed by atoms with Crippen LogP contribution in [-0.4, -0.2) is 33.5 Å². The molecule has 35 heavy (non-hydrogen) atoms.